The second-order valence-electron chi connectivity index (χ2n) is 6.87. The van der Waals surface area contributed by atoms with Crippen molar-refractivity contribution in [2.75, 3.05) is 11.5 Å². The molecule has 1 aromatic rings. The number of hydrogen-bond acceptors (Lipinski definition) is 4. The molecule has 7 heteroatoms. The van der Waals surface area contributed by atoms with Gasteiger partial charge in [0.2, 0.25) is 0 Å². The van der Waals surface area contributed by atoms with E-state index >= 15 is 0 Å². The third-order valence-corrected chi connectivity index (χ3v) is 6.72. The van der Waals surface area contributed by atoms with Gasteiger partial charge < -0.3 is 5.32 Å². The average molecular weight is 325 g/mol. The largest absolute Gasteiger partial charge is 0.347 e. The lowest BCUT2D eigenvalue weighted by Crippen LogP contribution is -2.43. The smallest absolute Gasteiger partial charge is 0.255 e. The summed E-state index contributed by atoms with van der Waals surface area (Å²) in [6.07, 6.45) is 6.45. The predicted octanol–water partition coefficient (Wildman–Crippen LogP) is 1.61. The molecule has 0 aromatic carbocycles. The maximum Gasteiger partial charge on any atom is 0.255 e. The molecule has 22 heavy (non-hydrogen) atoms. The molecule has 1 aliphatic heterocycles. The third-order valence-electron chi connectivity index (χ3n) is 4.97. The minimum Gasteiger partial charge on any atom is -0.347 e. The molecule has 1 atom stereocenters. The summed E-state index contributed by atoms with van der Waals surface area (Å²) in [6, 6.07) is -0.145. The fourth-order valence-electron chi connectivity index (χ4n) is 3.60. The van der Waals surface area contributed by atoms with Crippen LogP contribution in [0.25, 0.3) is 0 Å². The Balaban J connectivity index is 1.77. The number of aromatic nitrogens is 2. The van der Waals surface area contributed by atoms with Crippen LogP contribution in [-0.2, 0) is 9.84 Å². The molecule has 0 bridgehead atoms. The second kappa shape index (κ2) is 5.37. The van der Waals surface area contributed by atoms with E-state index in [4.69, 9.17) is 0 Å². The Bertz CT molecular complexity index is 687. The van der Waals surface area contributed by atoms with E-state index in [9.17, 15) is 13.2 Å². The number of sulfone groups is 1. The van der Waals surface area contributed by atoms with Gasteiger partial charge >= 0.3 is 0 Å². The maximum atomic E-state index is 12.5. The SMILES string of the molecule is Cc1c(C(=O)NC2(C)CCCC2)cnn1C1CCS(=O)(=O)C1. The van der Waals surface area contributed by atoms with Gasteiger partial charge in [0.05, 0.1) is 29.3 Å². The van der Waals surface area contributed by atoms with Crippen molar-refractivity contribution >= 4 is 15.7 Å². The van der Waals surface area contributed by atoms with E-state index in [2.05, 4.69) is 17.3 Å². The van der Waals surface area contributed by atoms with Gasteiger partial charge in [-0.15, -0.1) is 0 Å². The van der Waals surface area contributed by atoms with Crippen LogP contribution < -0.4 is 5.32 Å². The molecule has 1 aliphatic carbocycles. The summed E-state index contributed by atoms with van der Waals surface area (Å²) in [5.74, 6) is 0.221. The van der Waals surface area contributed by atoms with E-state index in [1.54, 1.807) is 10.9 Å². The standard InChI is InChI=1S/C15H23N3O3S/c1-11-13(14(19)17-15(2)6-3-4-7-15)9-16-18(11)12-5-8-22(20,21)10-12/h9,12H,3-8,10H2,1-2H3,(H,17,19). The van der Waals surface area contributed by atoms with Crippen molar-refractivity contribution in [3.05, 3.63) is 17.5 Å². The number of nitrogens with zero attached hydrogens (tertiary/aromatic N) is 2. The van der Waals surface area contributed by atoms with E-state index in [0.29, 0.717) is 12.0 Å². The summed E-state index contributed by atoms with van der Waals surface area (Å²) in [6.45, 7) is 3.92. The van der Waals surface area contributed by atoms with Gasteiger partial charge in [-0.2, -0.15) is 5.10 Å². The zero-order valence-corrected chi connectivity index (χ0v) is 13.9. The first-order chi connectivity index (χ1) is 10.3. The Kier molecular flexibility index (Phi) is 3.79. The molecule has 1 saturated carbocycles. The molecule has 1 amide bonds. The molecular weight excluding hydrogens is 302 g/mol. The molecular formula is C15H23N3O3S. The summed E-state index contributed by atoms with van der Waals surface area (Å²) in [5, 5.41) is 7.40. The first-order valence-electron chi connectivity index (χ1n) is 7.87. The maximum absolute atomic E-state index is 12.5. The van der Waals surface area contributed by atoms with Gasteiger partial charge in [-0.25, -0.2) is 8.42 Å². The Hall–Kier alpha value is -1.37. The molecule has 2 aliphatic rings. The molecule has 2 heterocycles. The number of carbonyl (C=O) groups is 1. The Morgan fingerprint density at radius 3 is 2.68 bits per heavy atom. The lowest BCUT2D eigenvalue weighted by Gasteiger charge is -2.25. The second-order valence-corrected chi connectivity index (χ2v) is 9.10. The highest BCUT2D eigenvalue weighted by Crippen LogP contribution is 2.30. The highest BCUT2D eigenvalue weighted by Gasteiger charge is 2.33. The summed E-state index contributed by atoms with van der Waals surface area (Å²) in [4.78, 5) is 12.5. The summed E-state index contributed by atoms with van der Waals surface area (Å²) < 4.78 is 24.9. The van der Waals surface area contributed by atoms with Crippen LogP contribution in [0.2, 0.25) is 0 Å². The van der Waals surface area contributed by atoms with Gasteiger partial charge in [0.15, 0.2) is 9.84 Å². The quantitative estimate of drug-likeness (QED) is 0.915. The van der Waals surface area contributed by atoms with Crippen LogP contribution in [0.15, 0.2) is 6.20 Å². The lowest BCUT2D eigenvalue weighted by atomic mass is 10.00. The Morgan fingerprint density at radius 2 is 2.09 bits per heavy atom. The van der Waals surface area contributed by atoms with Gasteiger partial charge in [-0.1, -0.05) is 12.8 Å². The molecule has 0 spiro atoms. The van der Waals surface area contributed by atoms with Crippen molar-refractivity contribution in [2.45, 2.75) is 57.5 Å². The molecule has 3 rings (SSSR count). The van der Waals surface area contributed by atoms with Crippen LogP contribution in [-0.4, -0.2) is 41.2 Å². The summed E-state index contributed by atoms with van der Waals surface area (Å²) in [5.41, 5.74) is 1.18. The fraction of sp³-hybridized carbons (Fsp3) is 0.733. The highest BCUT2D eigenvalue weighted by molar-refractivity contribution is 7.91. The Labute approximate surface area is 131 Å². The minimum atomic E-state index is -2.96. The molecule has 0 radical (unpaired) electrons. The fourth-order valence-corrected chi connectivity index (χ4v) is 5.30. The van der Waals surface area contributed by atoms with Crippen molar-refractivity contribution < 1.29 is 13.2 Å². The van der Waals surface area contributed by atoms with Crippen molar-refractivity contribution in [2.24, 2.45) is 0 Å². The van der Waals surface area contributed by atoms with E-state index in [1.807, 2.05) is 6.92 Å². The zero-order chi connectivity index (χ0) is 16.0. The third kappa shape index (κ3) is 2.91. The molecule has 1 saturated heterocycles. The van der Waals surface area contributed by atoms with Crippen LogP contribution in [0.3, 0.4) is 0 Å². The van der Waals surface area contributed by atoms with E-state index in [0.717, 1.165) is 31.4 Å². The van der Waals surface area contributed by atoms with Crippen LogP contribution in [0.4, 0.5) is 0 Å². The molecule has 2 fully saturated rings. The topological polar surface area (TPSA) is 81.1 Å². The predicted molar refractivity (Wildman–Crippen MR) is 83.6 cm³/mol. The van der Waals surface area contributed by atoms with Crippen LogP contribution >= 0.6 is 0 Å². The number of rotatable bonds is 3. The van der Waals surface area contributed by atoms with E-state index < -0.39 is 9.84 Å². The van der Waals surface area contributed by atoms with Crippen LogP contribution in [0.5, 0.6) is 0 Å². The molecule has 6 nitrogen and oxygen atoms in total. The summed E-state index contributed by atoms with van der Waals surface area (Å²) in [7, 11) is -2.96. The van der Waals surface area contributed by atoms with Crippen molar-refractivity contribution in [3.63, 3.8) is 0 Å². The normalized spacial score (nSPS) is 26.2. The molecule has 1 N–H and O–H groups in total. The first kappa shape index (κ1) is 15.5. The van der Waals surface area contributed by atoms with Crippen molar-refractivity contribution in [1.29, 1.82) is 0 Å². The first-order valence-corrected chi connectivity index (χ1v) is 9.69. The molecule has 122 valence electrons. The van der Waals surface area contributed by atoms with Gasteiger partial charge in [0, 0.05) is 11.2 Å². The van der Waals surface area contributed by atoms with E-state index in [1.165, 1.54) is 0 Å². The van der Waals surface area contributed by atoms with Crippen molar-refractivity contribution in [3.8, 4) is 0 Å². The lowest BCUT2D eigenvalue weighted by molar-refractivity contribution is 0.0907. The monoisotopic (exact) mass is 325 g/mol. The van der Waals surface area contributed by atoms with Gasteiger partial charge in [-0.05, 0) is 33.1 Å². The van der Waals surface area contributed by atoms with Gasteiger partial charge in [0.25, 0.3) is 5.91 Å². The summed E-state index contributed by atoms with van der Waals surface area (Å²) >= 11 is 0. The van der Waals surface area contributed by atoms with E-state index in [-0.39, 0.29) is 29.0 Å². The average Bonchev–Trinajstić information content (AvgIpc) is 3.09. The van der Waals surface area contributed by atoms with Crippen LogP contribution in [0, 0.1) is 6.92 Å². The number of amides is 1. The van der Waals surface area contributed by atoms with Gasteiger partial charge in [-0.3, -0.25) is 9.48 Å². The Morgan fingerprint density at radius 1 is 1.41 bits per heavy atom. The zero-order valence-electron chi connectivity index (χ0n) is 13.1. The number of hydrogen-bond donors (Lipinski definition) is 1. The number of nitrogens with one attached hydrogen (secondary N) is 1. The van der Waals surface area contributed by atoms with Gasteiger partial charge in [0.1, 0.15) is 0 Å². The number of carbonyl (C=O) groups excluding carboxylic acids is 1. The molecule has 1 aromatic heterocycles. The molecule has 1 unspecified atom stereocenters. The van der Waals surface area contributed by atoms with Crippen LogP contribution in [0.1, 0.15) is 61.1 Å². The highest BCUT2D eigenvalue weighted by atomic mass is 32.2. The van der Waals surface area contributed by atoms with Crippen molar-refractivity contribution in [1.82, 2.24) is 15.1 Å². The minimum absolute atomic E-state index is 0.103.